The lowest BCUT2D eigenvalue weighted by molar-refractivity contribution is -0.773. The summed E-state index contributed by atoms with van der Waals surface area (Å²) in [5.41, 5.74) is 3.85. The summed E-state index contributed by atoms with van der Waals surface area (Å²) >= 11 is 0. The van der Waals surface area contributed by atoms with Gasteiger partial charge >= 0.3 is 30.1 Å². The van der Waals surface area contributed by atoms with Crippen LogP contribution in [0.4, 0.5) is 0 Å². The van der Waals surface area contributed by atoms with E-state index in [0.717, 1.165) is 43.7 Å². The number of esters is 4. The Morgan fingerprint density at radius 2 is 1.50 bits per heavy atom. The van der Waals surface area contributed by atoms with E-state index >= 15 is 0 Å². The van der Waals surface area contributed by atoms with Crippen molar-refractivity contribution in [1.82, 2.24) is 4.98 Å². The van der Waals surface area contributed by atoms with Crippen molar-refractivity contribution in [1.29, 1.82) is 0 Å². The third-order valence-corrected chi connectivity index (χ3v) is 7.19. The second-order valence-corrected chi connectivity index (χ2v) is 10.2. The fraction of sp³-hybridized carbons (Fsp3) is 0.367. The number of aromatic amines is 1. The molecule has 0 saturated carbocycles. The molecule has 1 unspecified atom stereocenters. The molecule has 3 heterocycles. The molecule has 4 atom stereocenters. The minimum Gasteiger partial charge on any atom is -1.00 e. The van der Waals surface area contributed by atoms with Crippen molar-refractivity contribution in [2.24, 2.45) is 0 Å². The molecule has 1 N–H and O–H groups in total. The Morgan fingerprint density at radius 1 is 0.833 bits per heavy atom. The lowest BCUT2D eigenvalue weighted by atomic mass is 9.96. The van der Waals surface area contributed by atoms with Crippen LogP contribution >= 0.6 is 0 Å². The summed E-state index contributed by atoms with van der Waals surface area (Å²) in [5, 5.41) is 3.79. The van der Waals surface area contributed by atoms with Crippen LogP contribution in [0.1, 0.15) is 45.0 Å². The predicted octanol–water partition coefficient (Wildman–Crippen LogP) is 0.632. The number of carbonyl (C=O) groups excluding carboxylic acids is 4. The van der Waals surface area contributed by atoms with Crippen LogP contribution in [-0.2, 0) is 38.1 Å². The lowest BCUT2D eigenvalue weighted by Gasteiger charge is -2.37. The summed E-state index contributed by atoms with van der Waals surface area (Å²) in [6, 6.07) is 7.41. The van der Waals surface area contributed by atoms with E-state index in [1.165, 1.54) is 27.7 Å². The van der Waals surface area contributed by atoms with E-state index in [-0.39, 0.29) is 23.6 Å². The highest BCUT2D eigenvalue weighted by atomic mass is 79.9. The van der Waals surface area contributed by atoms with Crippen LogP contribution in [0.15, 0.2) is 36.7 Å². The average molecular weight is 643 g/mol. The van der Waals surface area contributed by atoms with Crippen LogP contribution in [0.2, 0.25) is 0 Å². The molecule has 2 aromatic carbocycles. The number of hydrogen-bond acceptors (Lipinski definition) is 9. The average Bonchev–Trinajstić information content (AvgIpc) is 3.27. The van der Waals surface area contributed by atoms with Gasteiger partial charge in [0.15, 0.2) is 24.6 Å². The highest BCUT2D eigenvalue weighted by Crippen LogP contribution is 2.38. The second-order valence-electron chi connectivity index (χ2n) is 10.2. The standard InChI is InChI=1S/C30H30N2O9.BrH/c1-14-23-12-32(30-29(41-19(6)36)28(40-18(5)35)25(13-37-30)39-17(4)34)10-9-21(23)15(2)27-26(14)22-11-20(38-16(3)33)7-8-24(22)31-27;/h7-12,25,28-30H,13H2,1-6H3;1H/t25-,28+,29-,30?;/m0./s1. The third-order valence-electron chi connectivity index (χ3n) is 7.19. The Labute approximate surface area is 251 Å². The van der Waals surface area contributed by atoms with Crippen molar-refractivity contribution in [3.8, 4) is 5.75 Å². The van der Waals surface area contributed by atoms with Gasteiger partial charge in [0.25, 0.3) is 0 Å². The number of ether oxygens (including phenoxy) is 5. The van der Waals surface area contributed by atoms with Crippen molar-refractivity contribution >= 4 is 56.5 Å². The number of fused-ring (bicyclic) bond motifs is 4. The van der Waals surface area contributed by atoms with Crippen molar-refractivity contribution in [3.05, 3.63) is 47.8 Å². The van der Waals surface area contributed by atoms with Crippen LogP contribution < -0.4 is 26.3 Å². The highest BCUT2D eigenvalue weighted by Gasteiger charge is 2.51. The van der Waals surface area contributed by atoms with Crippen LogP contribution in [0.3, 0.4) is 0 Å². The number of benzene rings is 2. The lowest BCUT2D eigenvalue weighted by Crippen LogP contribution is -3.00. The molecule has 222 valence electrons. The first-order valence-electron chi connectivity index (χ1n) is 13.2. The van der Waals surface area contributed by atoms with Gasteiger partial charge in [-0.3, -0.25) is 19.2 Å². The van der Waals surface area contributed by atoms with E-state index in [9.17, 15) is 19.2 Å². The van der Waals surface area contributed by atoms with Crippen molar-refractivity contribution in [2.45, 2.75) is 66.1 Å². The van der Waals surface area contributed by atoms with Crippen LogP contribution in [0.5, 0.6) is 5.75 Å². The molecule has 5 rings (SSSR count). The van der Waals surface area contributed by atoms with Gasteiger partial charge in [-0.1, -0.05) is 0 Å². The van der Waals surface area contributed by atoms with Crippen LogP contribution in [0, 0.1) is 13.8 Å². The van der Waals surface area contributed by atoms with Crippen LogP contribution in [0.25, 0.3) is 32.6 Å². The second kappa shape index (κ2) is 12.1. The molecule has 0 amide bonds. The van der Waals surface area contributed by atoms with E-state index in [0.29, 0.717) is 5.75 Å². The quantitative estimate of drug-likeness (QED) is 0.144. The molecule has 1 aliphatic heterocycles. The number of halogens is 1. The number of carbonyl (C=O) groups is 4. The van der Waals surface area contributed by atoms with Gasteiger partial charge in [-0.15, -0.1) is 0 Å². The molecule has 0 bridgehead atoms. The Hall–Kier alpha value is -4.03. The van der Waals surface area contributed by atoms with Crippen LogP contribution in [-0.4, -0.2) is 53.8 Å². The maximum absolute atomic E-state index is 12.1. The molecular formula is C30H31BrN2O9. The number of hydrogen-bond donors (Lipinski definition) is 1. The molecule has 1 aliphatic rings. The predicted molar refractivity (Wildman–Crippen MR) is 146 cm³/mol. The molecule has 0 radical (unpaired) electrons. The first kappa shape index (κ1) is 30.9. The Balaban J connectivity index is 0.00000405. The van der Waals surface area contributed by atoms with E-state index in [4.69, 9.17) is 23.7 Å². The molecule has 0 aliphatic carbocycles. The number of aryl methyl sites for hydroxylation is 2. The van der Waals surface area contributed by atoms with E-state index in [2.05, 4.69) is 4.98 Å². The zero-order valence-corrected chi connectivity index (χ0v) is 25.6. The number of aromatic nitrogens is 2. The maximum Gasteiger partial charge on any atom is 0.308 e. The smallest absolute Gasteiger partial charge is 0.308 e. The van der Waals surface area contributed by atoms with Gasteiger partial charge in [0.05, 0.1) is 12.1 Å². The SMILES string of the molecule is CC(=O)Oc1ccc2[nH]c3c(C)c4cc[n+](C5OC[C@H](OC(C)=O)[C@@H](OC(C)=O)[C@@H]5OC(C)=O)cc4c(C)c3c2c1.[Br-]. The van der Waals surface area contributed by atoms with Gasteiger partial charge in [-0.05, 0) is 48.6 Å². The minimum atomic E-state index is -1.10. The summed E-state index contributed by atoms with van der Waals surface area (Å²) in [4.78, 5) is 50.9. The fourth-order valence-electron chi connectivity index (χ4n) is 5.62. The molecule has 42 heavy (non-hydrogen) atoms. The fourth-order valence-corrected chi connectivity index (χ4v) is 5.62. The highest BCUT2D eigenvalue weighted by molar-refractivity contribution is 6.16. The van der Waals surface area contributed by atoms with E-state index in [1.54, 1.807) is 16.8 Å². The first-order chi connectivity index (χ1) is 19.4. The number of rotatable bonds is 5. The summed E-state index contributed by atoms with van der Waals surface area (Å²) in [6.07, 6.45) is -0.320. The van der Waals surface area contributed by atoms with E-state index < -0.39 is 48.4 Å². The Kier molecular flexibility index (Phi) is 8.88. The summed E-state index contributed by atoms with van der Waals surface area (Å²) in [6.45, 7) is 9.02. The molecular weight excluding hydrogens is 612 g/mol. The monoisotopic (exact) mass is 642 g/mol. The zero-order chi connectivity index (χ0) is 29.6. The van der Waals surface area contributed by atoms with Gasteiger partial charge in [0.2, 0.25) is 6.10 Å². The normalized spacial score (nSPS) is 20.1. The maximum atomic E-state index is 12.1. The molecule has 2 aromatic heterocycles. The van der Waals surface area contributed by atoms with Gasteiger partial charge in [0.1, 0.15) is 5.75 Å². The zero-order valence-electron chi connectivity index (χ0n) is 24.0. The van der Waals surface area contributed by atoms with Gasteiger partial charge in [-0.25, -0.2) is 0 Å². The number of pyridine rings is 1. The first-order valence-corrected chi connectivity index (χ1v) is 13.2. The van der Waals surface area contributed by atoms with Crippen molar-refractivity contribution in [2.75, 3.05) is 6.61 Å². The Bertz CT molecular complexity index is 1730. The van der Waals surface area contributed by atoms with E-state index in [1.807, 2.05) is 38.2 Å². The summed E-state index contributed by atoms with van der Waals surface area (Å²) in [7, 11) is 0. The Morgan fingerprint density at radius 3 is 2.14 bits per heavy atom. The molecule has 1 saturated heterocycles. The topological polar surface area (TPSA) is 134 Å². The number of nitrogens with one attached hydrogen (secondary N) is 1. The van der Waals surface area contributed by atoms with Crippen molar-refractivity contribution in [3.63, 3.8) is 0 Å². The minimum absolute atomic E-state index is 0. The molecule has 4 aromatic rings. The van der Waals surface area contributed by atoms with Crippen molar-refractivity contribution < 1.29 is 64.4 Å². The van der Waals surface area contributed by atoms with Gasteiger partial charge < -0.3 is 45.6 Å². The third kappa shape index (κ3) is 5.82. The molecule has 0 spiro atoms. The van der Waals surface area contributed by atoms with Gasteiger partial charge in [0, 0.05) is 55.4 Å². The van der Waals surface area contributed by atoms with Gasteiger partial charge in [-0.2, -0.15) is 4.57 Å². The molecule has 12 heteroatoms. The summed E-state index contributed by atoms with van der Waals surface area (Å²) < 4.78 is 29.6. The number of nitrogens with zero attached hydrogens (tertiary/aromatic N) is 1. The number of H-pyrrole nitrogens is 1. The summed E-state index contributed by atoms with van der Waals surface area (Å²) in [5.74, 6) is -1.76. The largest absolute Gasteiger partial charge is 1.00 e. The molecule has 11 nitrogen and oxygen atoms in total. The molecule has 1 fully saturated rings.